The van der Waals surface area contributed by atoms with Gasteiger partial charge in [0.25, 0.3) is 0 Å². The quantitative estimate of drug-likeness (QED) is 0.761. The Hall–Kier alpha value is -1.55. The smallest absolute Gasteiger partial charge is 0.321 e. The first-order valence-corrected chi connectivity index (χ1v) is 6.49. The van der Waals surface area contributed by atoms with E-state index in [9.17, 15) is 4.79 Å². The predicted molar refractivity (Wildman–Crippen MR) is 75.8 cm³/mol. The van der Waals surface area contributed by atoms with E-state index in [1.807, 2.05) is 31.2 Å². The molecule has 0 unspecified atom stereocenters. The van der Waals surface area contributed by atoms with Crippen LogP contribution < -0.4 is 10.6 Å². The fourth-order valence-corrected chi connectivity index (χ4v) is 1.48. The van der Waals surface area contributed by atoms with E-state index >= 15 is 0 Å². The third-order valence-corrected chi connectivity index (χ3v) is 2.78. The van der Waals surface area contributed by atoms with Crippen LogP contribution in [-0.2, 0) is 6.54 Å². The first kappa shape index (κ1) is 14.5. The number of benzene rings is 1. The molecule has 100 valence electrons. The van der Waals surface area contributed by atoms with Gasteiger partial charge in [-0.15, -0.1) is 0 Å². The molecule has 0 fully saturated rings. The first-order chi connectivity index (χ1) is 8.67. The molecule has 0 saturated heterocycles. The van der Waals surface area contributed by atoms with E-state index < -0.39 is 0 Å². The van der Waals surface area contributed by atoms with Gasteiger partial charge in [-0.1, -0.05) is 19.1 Å². The van der Waals surface area contributed by atoms with Gasteiger partial charge in [-0.3, -0.25) is 0 Å². The number of amides is 2. The monoisotopic (exact) mass is 249 g/mol. The lowest BCUT2D eigenvalue weighted by Crippen LogP contribution is -2.30. The highest BCUT2D eigenvalue weighted by Gasteiger charge is 2.05. The Labute approximate surface area is 109 Å². The second-order valence-corrected chi connectivity index (χ2v) is 4.32. The lowest BCUT2D eigenvalue weighted by atomic mass is 10.2. The van der Waals surface area contributed by atoms with Crippen LogP contribution in [0.25, 0.3) is 0 Å². The maximum Gasteiger partial charge on any atom is 0.321 e. The SMILES string of the molecule is CCCNCc1ccc(NC(=O)N(C)CC)cc1. The topological polar surface area (TPSA) is 44.4 Å². The molecule has 0 aliphatic carbocycles. The maximum absolute atomic E-state index is 11.6. The Morgan fingerprint density at radius 1 is 1.22 bits per heavy atom. The van der Waals surface area contributed by atoms with Crippen molar-refractivity contribution in [3.8, 4) is 0 Å². The van der Waals surface area contributed by atoms with Gasteiger partial charge in [0, 0.05) is 25.8 Å². The van der Waals surface area contributed by atoms with Gasteiger partial charge in [0.1, 0.15) is 0 Å². The minimum atomic E-state index is -0.0747. The van der Waals surface area contributed by atoms with Crippen LogP contribution in [0.2, 0.25) is 0 Å². The number of nitrogens with zero attached hydrogens (tertiary/aromatic N) is 1. The molecule has 0 aromatic heterocycles. The summed E-state index contributed by atoms with van der Waals surface area (Å²) < 4.78 is 0. The van der Waals surface area contributed by atoms with Crippen molar-refractivity contribution in [1.82, 2.24) is 10.2 Å². The van der Waals surface area contributed by atoms with Crippen molar-refractivity contribution >= 4 is 11.7 Å². The van der Waals surface area contributed by atoms with Gasteiger partial charge >= 0.3 is 6.03 Å². The lowest BCUT2D eigenvalue weighted by Gasteiger charge is -2.15. The molecule has 2 N–H and O–H groups in total. The molecule has 0 aliphatic rings. The average Bonchev–Trinajstić information content (AvgIpc) is 2.40. The Morgan fingerprint density at radius 2 is 1.89 bits per heavy atom. The van der Waals surface area contributed by atoms with E-state index in [4.69, 9.17) is 0 Å². The Balaban J connectivity index is 2.47. The highest BCUT2D eigenvalue weighted by molar-refractivity contribution is 5.89. The Morgan fingerprint density at radius 3 is 2.44 bits per heavy atom. The van der Waals surface area contributed by atoms with Gasteiger partial charge in [0.2, 0.25) is 0 Å². The van der Waals surface area contributed by atoms with E-state index in [0.29, 0.717) is 6.54 Å². The zero-order valence-electron chi connectivity index (χ0n) is 11.5. The van der Waals surface area contributed by atoms with Crippen LogP contribution in [0.1, 0.15) is 25.8 Å². The van der Waals surface area contributed by atoms with Crippen molar-refractivity contribution < 1.29 is 4.79 Å². The highest BCUT2D eigenvalue weighted by Crippen LogP contribution is 2.10. The molecule has 0 radical (unpaired) electrons. The van der Waals surface area contributed by atoms with Crippen LogP contribution in [0.5, 0.6) is 0 Å². The van der Waals surface area contributed by atoms with Crippen LogP contribution >= 0.6 is 0 Å². The normalized spacial score (nSPS) is 10.2. The van der Waals surface area contributed by atoms with Crippen LogP contribution in [0, 0.1) is 0 Å². The number of anilines is 1. The molecule has 0 spiro atoms. The van der Waals surface area contributed by atoms with Crippen molar-refractivity contribution in [3.63, 3.8) is 0 Å². The lowest BCUT2D eigenvalue weighted by molar-refractivity contribution is 0.224. The summed E-state index contributed by atoms with van der Waals surface area (Å²) in [6.07, 6.45) is 1.14. The third-order valence-electron chi connectivity index (χ3n) is 2.78. The number of nitrogens with one attached hydrogen (secondary N) is 2. The fourth-order valence-electron chi connectivity index (χ4n) is 1.48. The minimum absolute atomic E-state index is 0.0747. The van der Waals surface area contributed by atoms with E-state index in [-0.39, 0.29) is 6.03 Å². The van der Waals surface area contributed by atoms with E-state index in [2.05, 4.69) is 17.6 Å². The summed E-state index contributed by atoms with van der Waals surface area (Å²) in [6, 6.07) is 7.86. The molecule has 1 aromatic rings. The van der Waals surface area contributed by atoms with Crippen LogP contribution in [0.4, 0.5) is 10.5 Å². The van der Waals surface area contributed by atoms with Crippen molar-refractivity contribution in [2.75, 3.05) is 25.5 Å². The molecule has 2 amide bonds. The van der Waals surface area contributed by atoms with Gasteiger partial charge in [-0.25, -0.2) is 4.79 Å². The van der Waals surface area contributed by atoms with Gasteiger partial charge in [0.05, 0.1) is 0 Å². The van der Waals surface area contributed by atoms with E-state index in [1.165, 1.54) is 5.56 Å². The van der Waals surface area contributed by atoms with Crippen molar-refractivity contribution in [3.05, 3.63) is 29.8 Å². The number of hydrogen-bond acceptors (Lipinski definition) is 2. The largest absolute Gasteiger partial charge is 0.328 e. The summed E-state index contributed by atoms with van der Waals surface area (Å²) in [4.78, 5) is 13.3. The molecule has 0 heterocycles. The number of rotatable bonds is 6. The standard InChI is InChI=1S/C14H23N3O/c1-4-10-15-11-12-6-8-13(9-7-12)16-14(18)17(3)5-2/h6-9,15H,4-5,10-11H2,1-3H3,(H,16,18). The van der Waals surface area contributed by atoms with Crippen LogP contribution in [0.3, 0.4) is 0 Å². The van der Waals surface area contributed by atoms with Gasteiger partial charge in [-0.05, 0) is 37.6 Å². The average molecular weight is 249 g/mol. The molecular weight excluding hydrogens is 226 g/mol. The molecule has 1 aromatic carbocycles. The molecule has 1 rings (SSSR count). The number of carbonyl (C=O) groups is 1. The zero-order chi connectivity index (χ0) is 13.4. The second-order valence-electron chi connectivity index (χ2n) is 4.32. The summed E-state index contributed by atoms with van der Waals surface area (Å²) in [7, 11) is 1.78. The second kappa shape index (κ2) is 7.71. The van der Waals surface area contributed by atoms with Crippen molar-refractivity contribution in [1.29, 1.82) is 0 Å². The third kappa shape index (κ3) is 4.75. The zero-order valence-corrected chi connectivity index (χ0v) is 11.5. The molecule has 4 heteroatoms. The molecule has 0 saturated carbocycles. The van der Waals surface area contributed by atoms with Crippen LogP contribution in [-0.4, -0.2) is 31.1 Å². The van der Waals surface area contributed by atoms with Gasteiger partial charge < -0.3 is 15.5 Å². The number of carbonyl (C=O) groups excluding carboxylic acids is 1. The highest BCUT2D eigenvalue weighted by atomic mass is 16.2. The van der Waals surface area contributed by atoms with Crippen molar-refractivity contribution in [2.45, 2.75) is 26.8 Å². The minimum Gasteiger partial charge on any atom is -0.328 e. The predicted octanol–water partition coefficient (Wildman–Crippen LogP) is 2.67. The summed E-state index contributed by atoms with van der Waals surface area (Å²) in [5, 5.41) is 6.20. The summed E-state index contributed by atoms with van der Waals surface area (Å²) in [5.74, 6) is 0. The summed E-state index contributed by atoms with van der Waals surface area (Å²) >= 11 is 0. The summed E-state index contributed by atoms with van der Waals surface area (Å²) in [6.45, 7) is 6.69. The number of hydrogen-bond donors (Lipinski definition) is 2. The molecule has 18 heavy (non-hydrogen) atoms. The van der Waals surface area contributed by atoms with Crippen LogP contribution in [0.15, 0.2) is 24.3 Å². The molecule has 0 atom stereocenters. The summed E-state index contributed by atoms with van der Waals surface area (Å²) in [5.41, 5.74) is 2.06. The number of urea groups is 1. The molecule has 4 nitrogen and oxygen atoms in total. The van der Waals surface area contributed by atoms with Gasteiger partial charge in [-0.2, -0.15) is 0 Å². The first-order valence-electron chi connectivity index (χ1n) is 6.49. The Kier molecular flexibility index (Phi) is 6.22. The van der Waals surface area contributed by atoms with Crippen molar-refractivity contribution in [2.24, 2.45) is 0 Å². The fraction of sp³-hybridized carbons (Fsp3) is 0.500. The molecule has 0 aliphatic heterocycles. The Bertz CT molecular complexity index is 362. The molecule has 0 bridgehead atoms. The molecular formula is C14H23N3O. The van der Waals surface area contributed by atoms with E-state index in [1.54, 1.807) is 11.9 Å². The van der Waals surface area contributed by atoms with E-state index in [0.717, 1.165) is 25.2 Å². The van der Waals surface area contributed by atoms with Gasteiger partial charge in [0.15, 0.2) is 0 Å². The maximum atomic E-state index is 11.6.